The first kappa shape index (κ1) is 17.5. The maximum absolute atomic E-state index is 12.4. The summed E-state index contributed by atoms with van der Waals surface area (Å²) in [4.78, 5) is 18.8. The molecule has 0 saturated carbocycles. The maximum Gasteiger partial charge on any atom is 0.320 e. The fraction of sp³-hybridized carbons (Fsp3) is 0.611. The Morgan fingerprint density at radius 2 is 1.58 bits per heavy atom. The normalized spacial score (nSPS) is 18.9. The summed E-state index contributed by atoms with van der Waals surface area (Å²) in [6.07, 6.45) is 3.32. The molecule has 1 aromatic carbocycles. The van der Waals surface area contributed by atoms with E-state index < -0.39 is 0 Å². The Labute approximate surface area is 152 Å². The Hall–Kier alpha value is -1.27. The zero-order valence-electron chi connectivity index (χ0n) is 14.1. The van der Waals surface area contributed by atoms with Crippen LogP contribution in [0, 0.1) is 0 Å². The molecule has 6 heteroatoms. The molecule has 0 aromatic heterocycles. The second-order valence-corrected chi connectivity index (χ2v) is 7.38. The predicted octanol–water partition coefficient (Wildman–Crippen LogP) is 3.05. The number of urea groups is 1. The van der Waals surface area contributed by atoms with Crippen molar-refractivity contribution in [2.45, 2.75) is 19.3 Å². The predicted molar refractivity (Wildman–Crippen MR) is 98.5 cm³/mol. The van der Waals surface area contributed by atoms with Crippen LogP contribution < -0.4 is 4.74 Å². The van der Waals surface area contributed by atoms with E-state index in [2.05, 4.69) is 20.8 Å². The highest BCUT2D eigenvalue weighted by Crippen LogP contribution is 2.16. The van der Waals surface area contributed by atoms with E-state index in [1.165, 1.54) is 0 Å². The number of nitrogens with zero attached hydrogens (tertiary/aromatic N) is 3. The highest BCUT2D eigenvalue weighted by atomic mass is 79.9. The Morgan fingerprint density at radius 1 is 0.958 bits per heavy atom. The first-order valence-corrected chi connectivity index (χ1v) is 9.66. The minimum Gasteiger partial charge on any atom is -0.494 e. The molecule has 2 amide bonds. The van der Waals surface area contributed by atoms with Gasteiger partial charge in [0.2, 0.25) is 0 Å². The van der Waals surface area contributed by atoms with Crippen molar-refractivity contribution < 1.29 is 9.53 Å². The zero-order valence-corrected chi connectivity index (χ0v) is 15.7. The van der Waals surface area contributed by atoms with Crippen molar-refractivity contribution in [2.24, 2.45) is 0 Å². The molecule has 2 fully saturated rings. The van der Waals surface area contributed by atoms with Crippen molar-refractivity contribution >= 4 is 22.0 Å². The molecule has 0 N–H and O–H groups in total. The maximum atomic E-state index is 12.4. The van der Waals surface area contributed by atoms with E-state index >= 15 is 0 Å². The lowest BCUT2D eigenvalue weighted by Gasteiger charge is -2.36. The molecular weight excluding hydrogens is 370 g/mol. The summed E-state index contributed by atoms with van der Waals surface area (Å²) in [6.45, 7) is 7.28. The molecule has 1 aromatic rings. The minimum absolute atomic E-state index is 0.241. The number of likely N-dealkylation sites (tertiary alicyclic amines) is 1. The van der Waals surface area contributed by atoms with Gasteiger partial charge in [-0.05, 0) is 43.5 Å². The van der Waals surface area contributed by atoms with Crippen LogP contribution in [0.1, 0.15) is 19.3 Å². The number of ether oxygens (including phenoxy) is 1. The number of carbonyl (C=O) groups excluding carboxylic acids is 1. The van der Waals surface area contributed by atoms with Gasteiger partial charge in [-0.15, -0.1) is 0 Å². The van der Waals surface area contributed by atoms with E-state index in [0.29, 0.717) is 0 Å². The van der Waals surface area contributed by atoms with Crippen molar-refractivity contribution in [3.63, 3.8) is 0 Å². The molecular formula is C18H26BrN3O2. The van der Waals surface area contributed by atoms with Gasteiger partial charge in [-0.1, -0.05) is 15.9 Å². The molecule has 2 saturated heterocycles. The molecule has 0 spiro atoms. The summed E-state index contributed by atoms with van der Waals surface area (Å²) in [5.74, 6) is 0.916. The van der Waals surface area contributed by atoms with Crippen LogP contribution in [-0.2, 0) is 0 Å². The van der Waals surface area contributed by atoms with Gasteiger partial charge in [0.15, 0.2) is 0 Å². The van der Waals surface area contributed by atoms with Crippen LogP contribution in [0.4, 0.5) is 4.79 Å². The number of hydrogen-bond acceptors (Lipinski definition) is 3. The molecule has 2 aliphatic heterocycles. The Balaban J connectivity index is 1.31. The van der Waals surface area contributed by atoms with Crippen LogP contribution in [-0.4, -0.2) is 73.2 Å². The van der Waals surface area contributed by atoms with Crippen molar-refractivity contribution in [2.75, 3.05) is 52.4 Å². The van der Waals surface area contributed by atoms with Crippen molar-refractivity contribution in [1.82, 2.24) is 14.7 Å². The van der Waals surface area contributed by atoms with Gasteiger partial charge in [0.1, 0.15) is 5.75 Å². The van der Waals surface area contributed by atoms with Crippen LogP contribution >= 0.6 is 15.9 Å². The standard InChI is InChI=1S/C18H26BrN3O2/c19-16-4-6-17(7-5-16)24-15-3-8-20-11-13-22(14-12-20)18(23)21-9-1-2-10-21/h4-7H,1-3,8-15H2. The van der Waals surface area contributed by atoms with E-state index in [9.17, 15) is 4.79 Å². The zero-order chi connectivity index (χ0) is 16.8. The van der Waals surface area contributed by atoms with Gasteiger partial charge in [-0.2, -0.15) is 0 Å². The third-order valence-electron chi connectivity index (χ3n) is 4.72. The molecule has 132 valence electrons. The molecule has 2 aliphatic rings. The van der Waals surface area contributed by atoms with E-state index in [0.717, 1.165) is 81.9 Å². The number of hydrogen-bond donors (Lipinski definition) is 0. The Bertz CT molecular complexity index is 524. The smallest absolute Gasteiger partial charge is 0.320 e. The number of rotatable bonds is 5. The first-order valence-electron chi connectivity index (χ1n) is 8.87. The Kier molecular flexibility index (Phi) is 6.37. The van der Waals surface area contributed by atoms with Crippen molar-refractivity contribution in [3.8, 4) is 5.75 Å². The molecule has 24 heavy (non-hydrogen) atoms. The number of amides is 2. The summed E-state index contributed by atoms with van der Waals surface area (Å²) >= 11 is 3.42. The highest BCUT2D eigenvalue weighted by molar-refractivity contribution is 9.10. The molecule has 5 nitrogen and oxygen atoms in total. The van der Waals surface area contributed by atoms with E-state index in [4.69, 9.17) is 4.74 Å². The largest absolute Gasteiger partial charge is 0.494 e. The summed E-state index contributed by atoms with van der Waals surface area (Å²) in [5, 5.41) is 0. The van der Waals surface area contributed by atoms with Gasteiger partial charge in [0, 0.05) is 50.3 Å². The van der Waals surface area contributed by atoms with Crippen molar-refractivity contribution in [3.05, 3.63) is 28.7 Å². The summed E-state index contributed by atoms with van der Waals surface area (Å²) in [7, 11) is 0. The van der Waals surface area contributed by atoms with E-state index in [1.807, 2.05) is 34.1 Å². The number of halogens is 1. The summed E-state index contributed by atoms with van der Waals surface area (Å²) in [6, 6.07) is 8.18. The van der Waals surface area contributed by atoms with E-state index in [1.54, 1.807) is 0 Å². The molecule has 2 heterocycles. The molecule has 0 unspecified atom stereocenters. The number of piperazine rings is 1. The Morgan fingerprint density at radius 3 is 2.25 bits per heavy atom. The second kappa shape index (κ2) is 8.72. The summed E-state index contributed by atoms with van der Waals surface area (Å²) in [5.41, 5.74) is 0. The molecule has 3 rings (SSSR count). The van der Waals surface area contributed by atoms with Crippen LogP contribution in [0.15, 0.2) is 28.7 Å². The quantitative estimate of drug-likeness (QED) is 0.718. The van der Waals surface area contributed by atoms with Gasteiger partial charge < -0.3 is 14.5 Å². The van der Waals surface area contributed by atoms with Gasteiger partial charge in [-0.3, -0.25) is 4.90 Å². The molecule has 0 atom stereocenters. The van der Waals surface area contributed by atoms with Crippen LogP contribution in [0.2, 0.25) is 0 Å². The fourth-order valence-electron chi connectivity index (χ4n) is 3.28. The number of carbonyl (C=O) groups is 1. The third kappa shape index (κ3) is 4.86. The summed E-state index contributed by atoms with van der Waals surface area (Å²) < 4.78 is 6.83. The highest BCUT2D eigenvalue weighted by Gasteiger charge is 2.26. The van der Waals surface area contributed by atoms with E-state index in [-0.39, 0.29) is 6.03 Å². The van der Waals surface area contributed by atoms with Gasteiger partial charge >= 0.3 is 6.03 Å². The molecule has 0 bridgehead atoms. The molecule has 0 aliphatic carbocycles. The third-order valence-corrected chi connectivity index (χ3v) is 5.25. The van der Waals surface area contributed by atoms with Gasteiger partial charge in [-0.25, -0.2) is 4.79 Å². The fourth-order valence-corrected chi connectivity index (χ4v) is 3.54. The topological polar surface area (TPSA) is 36.0 Å². The van der Waals surface area contributed by atoms with Gasteiger partial charge in [0.05, 0.1) is 6.61 Å². The minimum atomic E-state index is 0.241. The monoisotopic (exact) mass is 395 g/mol. The average molecular weight is 396 g/mol. The van der Waals surface area contributed by atoms with Crippen LogP contribution in [0.5, 0.6) is 5.75 Å². The lowest BCUT2D eigenvalue weighted by atomic mass is 10.3. The van der Waals surface area contributed by atoms with Gasteiger partial charge in [0.25, 0.3) is 0 Å². The van der Waals surface area contributed by atoms with Crippen LogP contribution in [0.3, 0.4) is 0 Å². The number of benzene rings is 1. The molecule has 0 radical (unpaired) electrons. The van der Waals surface area contributed by atoms with Crippen LogP contribution in [0.25, 0.3) is 0 Å². The lowest BCUT2D eigenvalue weighted by Crippen LogP contribution is -2.52. The first-order chi connectivity index (χ1) is 11.7. The average Bonchev–Trinajstić information content (AvgIpc) is 3.15. The second-order valence-electron chi connectivity index (χ2n) is 6.46. The SMILES string of the molecule is O=C(N1CCCC1)N1CCN(CCCOc2ccc(Br)cc2)CC1. The lowest BCUT2D eigenvalue weighted by molar-refractivity contribution is 0.115. The van der Waals surface area contributed by atoms with Crippen molar-refractivity contribution in [1.29, 1.82) is 0 Å².